The number of carbonyl (C=O) groups excluding carboxylic acids is 3. The third kappa shape index (κ3) is 3.03. The highest BCUT2D eigenvalue weighted by Crippen LogP contribution is 2.30. The van der Waals surface area contributed by atoms with Crippen LogP contribution in [0.3, 0.4) is 0 Å². The maximum absolute atomic E-state index is 13.2. The van der Waals surface area contributed by atoms with E-state index in [1.807, 2.05) is 60.7 Å². The number of H-pyrrole nitrogens is 1. The first-order chi connectivity index (χ1) is 14.6. The van der Waals surface area contributed by atoms with E-state index in [0.29, 0.717) is 25.1 Å². The number of rotatable bonds is 3. The fourth-order valence-corrected chi connectivity index (χ4v) is 4.45. The SMILES string of the molecule is O=C(c1cc2ccccc2[nH]1)N1CCC[C@]2(C1)NC(=O)N(Cc1ccccc1)C2=O. The van der Waals surface area contributed by atoms with Gasteiger partial charge in [-0.05, 0) is 30.5 Å². The first-order valence-electron chi connectivity index (χ1n) is 10.1. The Bertz CT molecular complexity index is 1110. The molecule has 2 N–H and O–H groups in total. The average Bonchev–Trinajstić information content (AvgIpc) is 3.29. The van der Waals surface area contributed by atoms with Crippen molar-refractivity contribution in [1.29, 1.82) is 0 Å². The van der Waals surface area contributed by atoms with Crippen LogP contribution in [0.5, 0.6) is 0 Å². The lowest BCUT2D eigenvalue weighted by Gasteiger charge is -2.38. The predicted octanol–water partition coefficient (Wildman–Crippen LogP) is 2.89. The molecule has 0 saturated carbocycles. The van der Waals surface area contributed by atoms with Crippen molar-refractivity contribution in [2.24, 2.45) is 0 Å². The number of aromatic nitrogens is 1. The van der Waals surface area contributed by atoms with Crippen LogP contribution >= 0.6 is 0 Å². The highest BCUT2D eigenvalue weighted by molar-refractivity contribution is 6.08. The van der Waals surface area contributed by atoms with E-state index >= 15 is 0 Å². The van der Waals surface area contributed by atoms with Crippen molar-refractivity contribution in [2.45, 2.75) is 24.9 Å². The molecule has 0 unspecified atom stereocenters. The number of para-hydroxylation sites is 1. The van der Waals surface area contributed by atoms with Crippen LogP contribution in [0, 0.1) is 0 Å². The van der Waals surface area contributed by atoms with E-state index in [1.165, 1.54) is 4.90 Å². The molecule has 1 atom stereocenters. The number of aromatic amines is 1. The van der Waals surface area contributed by atoms with Crippen molar-refractivity contribution >= 4 is 28.7 Å². The number of urea groups is 1. The topological polar surface area (TPSA) is 85.5 Å². The van der Waals surface area contributed by atoms with Crippen LogP contribution in [0.15, 0.2) is 60.7 Å². The van der Waals surface area contributed by atoms with E-state index in [1.54, 1.807) is 4.90 Å². The zero-order chi connectivity index (χ0) is 20.7. The Balaban J connectivity index is 1.37. The van der Waals surface area contributed by atoms with Crippen molar-refractivity contribution in [3.8, 4) is 0 Å². The van der Waals surface area contributed by atoms with Gasteiger partial charge in [-0.15, -0.1) is 0 Å². The molecule has 2 aromatic carbocycles. The molecule has 1 aromatic heterocycles. The number of carbonyl (C=O) groups is 3. The molecule has 4 amide bonds. The standard InChI is InChI=1S/C23H22N4O3/c28-20(19-13-17-9-4-5-10-18(17)24-19)26-12-6-11-23(15-26)21(29)27(22(30)25-23)14-16-7-2-1-3-8-16/h1-5,7-10,13,24H,6,11-12,14-15H2,(H,25,30)/t23-/m1/s1. The molecule has 7 heteroatoms. The molecule has 30 heavy (non-hydrogen) atoms. The highest BCUT2D eigenvalue weighted by Gasteiger charge is 2.53. The molecule has 152 valence electrons. The minimum atomic E-state index is -1.05. The zero-order valence-corrected chi connectivity index (χ0v) is 16.4. The van der Waals surface area contributed by atoms with Gasteiger partial charge >= 0.3 is 6.03 Å². The lowest BCUT2D eigenvalue weighted by atomic mass is 9.88. The maximum atomic E-state index is 13.2. The normalized spacial score (nSPS) is 21.5. The number of likely N-dealkylation sites (tertiary alicyclic amines) is 1. The van der Waals surface area contributed by atoms with Gasteiger partial charge in [0, 0.05) is 17.4 Å². The third-order valence-corrected chi connectivity index (χ3v) is 5.97. The second-order valence-electron chi connectivity index (χ2n) is 7.99. The van der Waals surface area contributed by atoms with E-state index < -0.39 is 11.6 Å². The Morgan fingerprint density at radius 3 is 2.60 bits per heavy atom. The van der Waals surface area contributed by atoms with Gasteiger partial charge in [0.25, 0.3) is 11.8 Å². The number of imide groups is 1. The Morgan fingerprint density at radius 2 is 1.80 bits per heavy atom. The summed E-state index contributed by atoms with van der Waals surface area (Å²) in [5.74, 6) is -0.417. The van der Waals surface area contributed by atoms with E-state index in [4.69, 9.17) is 0 Å². The molecule has 7 nitrogen and oxygen atoms in total. The fraction of sp³-hybridized carbons (Fsp3) is 0.261. The monoisotopic (exact) mass is 402 g/mol. The Labute approximate surface area is 173 Å². The summed E-state index contributed by atoms with van der Waals surface area (Å²) in [6.07, 6.45) is 1.18. The zero-order valence-electron chi connectivity index (χ0n) is 16.4. The molecule has 2 aliphatic rings. The molecule has 2 saturated heterocycles. The molecule has 0 bridgehead atoms. The fourth-order valence-electron chi connectivity index (χ4n) is 4.45. The summed E-state index contributed by atoms with van der Waals surface area (Å²) in [5.41, 5.74) is 1.23. The summed E-state index contributed by atoms with van der Waals surface area (Å²) >= 11 is 0. The third-order valence-electron chi connectivity index (χ3n) is 5.97. The second kappa shape index (κ2) is 7.02. The number of nitrogens with one attached hydrogen (secondary N) is 2. The quantitative estimate of drug-likeness (QED) is 0.661. The molecule has 1 spiro atoms. The van der Waals surface area contributed by atoms with Crippen molar-refractivity contribution in [3.05, 3.63) is 71.9 Å². The lowest BCUT2D eigenvalue weighted by molar-refractivity contribution is -0.133. The maximum Gasteiger partial charge on any atom is 0.325 e. The molecule has 5 rings (SSSR count). The second-order valence-corrected chi connectivity index (χ2v) is 7.99. The molecule has 2 fully saturated rings. The van der Waals surface area contributed by atoms with Gasteiger partial charge in [0.05, 0.1) is 13.1 Å². The molecule has 2 aliphatic heterocycles. The number of amides is 4. The highest BCUT2D eigenvalue weighted by atomic mass is 16.2. The van der Waals surface area contributed by atoms with Crippen LogP contribution in [-0.2, 0) is 11.3 Å². The van der Waals surface area contributed by atoms with Crippen LogP contribution in [0.25, 0.3) is 10.9 Å². The first-order valence-corrected chi connectivity index (χ1v) is 10.1. The van der Waals surface area contributed by atoms with E-state index in [2.05, 4.69) is 10.3 Å². The number of hydrogen-bond donors (Lipinski definition) is 2. The van der Waals surface area contributed by atoms with Gasteiger partial charge < -0.3 is 15.2 Å². The smallest absolute Gasteiger partial charge is 0.325 e. The predicted molar refractivity (Wildman–Crippen MR) is 112 cm³/mol. The first kappa shape index (κ1) is 18.4. The summed E-state index contributed by atoms with van der Waals surface area (Å²) in [7, 11) is 0. The van der Waals surface area contributed by atoms with E-state index in [-0.39, 0.29) is 24.9 Å². The van der Waals surface area contributed by atoms with Crippen molar-refractivity contribution in [2.75, 3.05) is 13.1 Å². The molecular weight excluding hydrogens is 380 g/mol. The number of piperidine rings is 1. The molecule has 3 heterocycles. The van der Waals surface area contributed by atoms with Gasteiger partial charge in [-0.25, -0.2) is 4.79 Å². The molecule has 0 aliphatic carbocycles. The molecule has 3 aromatic rings. The van der Waals surface area contributed by atoms with Crippen molar-refractivity contribution < 1.29 is 14.4 Å². The van der Waals surface area contributed by atoms with Gasteiger partial charge in [-0.3, -0.25) is 14.5 Å². The van der Waals surface area contributed by atoms with E-state index in [9.17, 15) is 14.4 Å². The largest absolute Gasteiger partial charge is 0.351 e. The van der Waals surface area contributed by atoms with Gasteiger partial charge in [0.2, 0.25) is 0 Å². The summed E-state index contributed by atoms with van der Waals surface area (Å²) in [6.45, 7) is 0.956. The number of benzene rings is 2. The summed E-state index contributed by atoms with van der Waals surface area (Å²) < 4.78 is 0. The number of fused-ring (bicyclic) bond motifs is 1. The van der Waals surface area contributed by atoms with Gasteiger partial charge in [-0.1, -0.05) is 48.5 Å². The summed E-state index contributed by atoms with van der Waals surface area (Å²) in [4.78, 5) is 45.1. The van der Waals surface area contributed by atoms with E-state index in [0.717, 1.165) is 16.5 Å². The van der Waals surface area contributed by atoms with Crippen molar-refractivity contribution in [3.63, 3.8) is 0 Å². The summed E-state index contributed by atoms with van der Waals surface area (Å²) in [6, 6.07) is 18.6. The molecule has 0 radical (unpaired) electrons. The minimum absolute atomic E-state index is 0.158. The van der Waals surface area contributed by atoms with Gasteiger partial charge in [0.1, 0.15) is 11.2 Å². The number of hydrogen-bond acceptors (Lipinski definition) is 3. The van der Waals surface area contributed by atoms with Crippen LogP contribution in [-0.4, -0.2) is 51.3 Å². The van der Waals surface area contributed by atoms with Crippen LogP contribution < -0.4 is 5.32 Å². The number of nitrogens with zero attached hydrogens (tertiary/aromatic N) is 2. The Morgan fingerprint density at radius 1 is 1.03 bits per heavy atom. The average molecular weight is 402 g/mol. The Kier molecular flexibility index (Phi) is 4.31. The van der Waals surface area contributed by atoms with Crippen molar-refractivity contribution in [1.82, 2.24) is 20.1 Å². The van der Waals surface area contributed by atoms with Gasteiger partial charge in [0.15, 0.2) is 0 Å². The van der Waals surface area contributed by atoms with Crippen LogP contribution in [0.2, 0.25) is 0 Å². The Hall–Kier alpha value is -3.61. The van der Waals surface area contributed by atoms with Crippen LogP contribution in [0.4, 0.5) is 4.79 Å². The lowest BCUT2D eigenvalue weighted by Crippen LogP contribution is -2.59. The minimum Gasteiger partial charge on any atom is -0.351 e. The summed E-state index contributed by atoms with van der Waals surface area (Å²) in [5, 5.41) is 3.85. The molecular formula is C23H22N4O3. The van der Waals surface area contributed by atoms with Crippen LogP contribution in [0.1, 0.15) is 28.9 Å². The van der Waals surface area contributed by atoms with Gasteiger partial charge in [-0.2, -0.15) is 0 Å².